The van der Waals surface area contributed by atoms with E-state index in [9.17, 15) is 9.90 Å². The van der Waals surface area contributed by atoms with Gasteiger partial charge in [-0.2, -0.15) is 0 Å². The first kappa shape index (κ1) is 11.0. The highest BCUT2D eigenvalue weighted by molar-refractivity contribution is 5.78. The lowest BCUT2D eigenvalue weighted by atomic mass is 10.0. The predicted octanol–water partition coefficient (Wildman–Crippen LogP) is 3.27. The smallest absolute Gasteiger partial charge is 0.307 e. The Morgan fingerprint density at radius 2 is 1.17 bits per heavy atom. The largest absolute Gasteiger partial charge is 0.481 e. The third-order valence-electron chi connectivity index (χ3n) is 3.67. The van der Waals surface area contributed by atoms with Gasteiger partial charge >= 0.3 is 5.97 Å². The van der Waals surface area contributed by atoms with E-state index in [0.29, 0.717) is 0 Å². The first-order valence-corrected chi connectivity index (χ1v) is 6.12. The number of rotatable bonds is 3. The maximum absolute atomic E-state index is 11.3. The van der Waals surface area contributed by atoms with Crippen LogP contribution in [-0.2, 0) is 4.79 Å². The van der Waals surface area contributed by atoms with Crippen molar-refractivity contribution in [1.82, 2.24) is 0 Å². The molecule has 0 amide bonds. The number of carboxylic acids is 1. The van der Waals surface area contributed by atoms with Gasteiger partial charge in [-0.15, -0.1) is 0 Å². The first-order chi connectivity index (χ1) is 8.79. The van der Waals surface area contributed by atoms with Crippen LogP contribution in [0.5, 0.6) is 0 Å². The lowest BCUT2D eigenvalue weighted by Crippen LogP contribution is -2.00. The van der Waals surface area contributed by atoms with Gasteiger partial charge in [0.2, 0.25) is 0 Å². The Balaban J connectivity index is 1.94. The molecule has 1 aliphatic rings. The molecule has 0 spiro atoms. The molecule has 0 unspecified atom stereocenters. The molecule has 1 N–H and O–H groups in total. The van der Waals surface area contributed by atoms with Gasteiger partial charge in [0.05, 0.1) is 5.92 Å². The molecule has 2 aromatic rings. The van der Waals surface area contributed by atoms with Crippen molar-refractivity contribution in [3.8, 4) is 0 Å². The number of aliphatic carboxylic acids is 1. The molecule has 0 radical (unpaired) electrons. The van der Waals surface area contributed by atoms with Gasteiger partial charge in [0, 0.05) is 11.8 Å². The lowest BCUT2D eigenvalue weighted by molar-refractivity contribution is -0.138. The van der Waals surface area contributed by atoms with Gasteiger partial charge in [-0.3, -0.25) is 4.79 Å². The van der Waals surface area contributed by atoms with Gasteiger partial charge in [0.1, 0.15) is 0 Å². The molecule has 0 aromatic heterocycles. The fourth-order valence-electron chi connectivity index (χ4n) is 2.80. The molecule has 2 aromatic carbocycles. The Morgan fingerprint density at radius 1 is 0.778 bits per heavy atom. The summed E-state index contributed by atoms with van der Waals surface area (Å²) >= 11 is 0. The van der Waals surface area contributed by atoms with Gasteiger partial charge in [-0.05, 0) is 11.1 Å². The van der Waals surface area contributed by atoms with E-state index in [0.717, 1.165) is 11.1 Å². The fourth-order valence-corrected chi connectivity index (χ4v) is 2.80. The van der Waals surface area contributed by atoms with E-state index in [4.69, 9.17) is 0 Å². The third kappa shape index (κ3) is 1.80. The van der Waals surface area contributed by atoms with Gasteiger partial charge in [0.15, 0.2) is 0 Å². The Labute approximate surface area is 106 Å². The molecule has 1 fully saturated rings. The van der Waals surface area contributed by atoms with Crippen molar-refractivity contribution in [1.29, 1.82) is 0 Å². The second-order valence-corrected chi connectivity index (χ2v) is 4.74. The van der Waals surface area contributed by atoms with E-state index >= 15 is 0 Å². The van der Waals surface area contributed by atoms with E-state index in [1.165, 1.54) is 0 Å². The number of carbonyl (C=O) groups is 1. The van der Waals surface area contributed by atoms with Crippen LogP contribution in [0.2, 0.25) is 0 Å². The van der Waals surface area contributed by atoms with Crippen LogP contribution in [0, 0.1) is 5.92 Å². The molecule has 2 heteroatoms. The Bertz CT molecular complexity index is 502. The molecule has 0 bridgehead atoms. The first-order valence-electron chi connectivity index (χ1n) is 6.12. The van der Waals surface area contributed by atoms with Crippen molar-refractivity contribution < 1.29 is 9.90 Å². The molecule has 3 rings (SSSR count). The molecule has 0 saturated heterocycles. The zero-order chi connectivity index (χ0) is 12.5. The van der Waals surface area contributed by atoms with Crippen molar-refractivity contribution in [2.75, 3.05) is 0 Å². The second kappa shape index (κ2) is 4.30. The summed E-state index contributed by atoms with van der Waals surface area (Å²) in [5.74, 6) is -0.746. The quantitative estimate of drug-likeness (QED) is 0.891. The molecule has 18 heavy (non-hydrogen) atoms. The van der Waals surface area contributed by atoms with Gasteiger partial charge < -0.3 is 5.11 Å². The average molecular weight is 238 g/mol. The SMILES string of the molecule is O=C(O)C1[C@@H](c2ccccc2)[C@@H]1c1ccccc1. The zero-order valence-corrected chi connectivity index (χ0v) is 9.86. The maximum atomic E-state index is 11.3. The summed E-state index contributed by atoms with van der Waals surface area (Å²) in [7, 11) is 0. The van der Waals surface area contributed by atoms with Crippen LogP contribution in [0.3, 0.4) is 0 Å². The fraction of sp³-hybridized carbons (Fsp3) is 0.188. The number of benzene rings is 2. The summed E-state index contributed by atoms with van der Waals surface area (Å²) in [6, 6.07) is 19.9. The third-order valence-corrected chi connectivity index (χ3v) is 3.67. The minimum atomic E-state index is -0.697. The van der Waals surface area contributed by atoms with Crippen LogP contribution in [0.1, 0.15) is 23.0 Å². The summed E-state index contributed by atoms with van der Waals surface area (Å²) in [4.78, 5) is 11.3. The topological polar surface area (TPSA) is 37.3 Å². The normalized spacial score (nSPS) is 25.7. The zero-order valence-electron chi connectivity index (χ0n) is 9.86. The lowest BCUT2D eigenvalue weighted by Gasteiger charge is -1.99. The maximum Gasteiger partial charge on any atom is 0.307 e. The van der Waals surface area contributed by atoms with Gasteiger partial charge in [-0.25, -0.2) is 0 Å². The van der Waals surface area contributed by atoms with Gasteiger partial charge in [0.25, 0.3) is 0 Å². The number of carboxylic acid groups (broad SMARTS) is 1. The molecule has 0 heterocycles. The minimum Gasteiger partial charge on any atom is -0.481 e. The second-order valence-electron chi connectivity index (χ2n) is 4.74. The van der Waals surface area contributed by atoms with E-state index < -0.39 is 5.97 Å². The summed E-state index contributed by atoms with van der Waals surface area (Å²) < 4.78 is 0. The van der Waals surface area contributed by atoms with E-state index in [-0.39, 0.29) is 17.8 Å². The summed E-state index contributed by atoms with van der Waals surface area (Å²) in [5, 5.41) is 9.32. The standard InChI is InChI=1S/C16H14O2/c17-16(18)15-13(11-7-3-1-4-8-11)14(15)12-9-5-2-6-10-12/h1-10,13-15H,(H,17,18)/t13-,14-/m0/s1. The minimum absolute atomic E-state index is 0.117. The van der Waals surface area contributed by atoms with Crippen LogP contribution >= 0.6 is 0 Å². The predicted molar refractivity (Wildman–Crippen MR) is 69.5 cm³/mol. The van der Waals surface area contributed by atoms with Crippen LogP contribution in [0.4, 0.5) is 0 Å². The summed E-state index contributed by atoms with van der Waals surface area (Å²) in [6.07, 6.45) is 0. The van der Waals surface area contributed by atoms with Crippen LogP contribution < -0.4 is 0 Å². The van der Waals surface area contributed by atoms with Crippen LogP contribution in [0.15, 0.2) is 60.7 Å². The van der Waals surface area contributed by atoms with Crippen molar-refractivity contribution in [2.45, 2.75) is 11.8 Å². The van der Waals surface area contributed by atoms with Crippen molar-refractivity contribution in [3.05, 3.63) is 71.8 Å². The van der Waals surface area contributed by atoms with E-state index in [1.54, 1.807) is 0 Å². The van der Waals surface area contributed by atoms with E-state index in [2.05, 4.69) is 0 Å². The van der Waals surface area contributed by atoms with E-state index in [1.807, 2.05) is 60.7 Å². The van der Waals surface area contributed by atoms with Crippen molar-refractivity contribution >= 4 is 5.97 Å². The highest BCUT2D eigenvalue weighted by Crippen LogP contribution is 2.60. The molecular weight excluding hydrogens is 224 g/mol. The number of hydrogen-bond acceptors (Lipinski definition) is 1. The molecule has 1 aliphatic carbocycles. The number of hydrogen-bond donors (Lipinski definition) is 1. The summed E-state index contributed by atoms with van der Waals surface area (Å²) in [6.45, 7) is 0. The highest BCUT2D eigenvalue weighted by Gasteiger charge is 2.56. The molecule has 90 valence electrons. The monoisotopic (exact) mass is 238 g/mol. The van der Waals surface area contributed by atoms with Crippen LogP contribution in [0.25, 0.3) is 0 Å². The summed E-state index contributed by atoms with van der Waals surface area (Å²) in [5.41, 5.74) is 2.25. The molecule has 1 saturated carbocycles. The van der Waals surface area contributed by atoms with Crippen molar-refractivity contribution in [2.24, 2.45) is 5.92 Å². The van der Waals surface area contributed by atoms with Crippen molar-refractivity contribution in [3.63, 3.8) is 0 Å². The Morgan fingerprint density at radius 3 is 1.50 bits per heavy atom. The Hall–Kier alpha value is -2.09. The molecular formula is C16H14O2. The molecule has 0 aliphatic heterocycles. The average Bonchev–Trinajstić information content (AvgIpc) is 3.16. The molecule has 2 nitrogen and oxygen atoms in total. The van der Waals surface area contributed by atoms with Gasteiger partial charge in [-0.1, -0.05) is 60.7 Å². The Kier molecular flexibility index (Phi) is 2.63. The highest BCUT2D eigenvalue weighted by atomic mass is 16.4. The van der Waals surface area contributed by atoms with Crippen LogP contribution in [-0.4, -0.2) is 11.1 Å². The molecule has 2 atom stereocenters.